The molecule has 21 heavy (non-hydrogen) atoms. The van der Waals surface area contributed by atoms with Crippen molar-refractivity contribution in [1.82, 2.24) is 0 Å². The van der Waals surface area contributed by atoms with Crippen molar-refractivity contribution in [2.75, 3.05) is 25.3 Å². The number of carbonyl (C=O) groups is 1. The molecule has 3 N–H and O–H groups in total. The Kier molecular flexibility index (Phi) is 4.33. The smallest absolute Gasteiger partial charge is 0.259 e. The number of hydrogen-bond acceptors (Lipinski definition) is 4. The number of anilines is 2. The van der Waals surface area contributed by atoms with Crippen molar-refractivity contribution in [2.45, 2.75) is 6.92 Å². The number of amides is 1. The number of ether oxygens (including phenoxy) is 2. The van der Waals surface area contributed by atoms with Gasteiger partial charge >= 0.3 is 0 Å². The van der Waals surface area contributed by atoms with Crippen LogP contribution in [-0.4, -0.2) is 20.1 Å². The topological polar surface area (TPSA) is 73.6 Å². The van der Waals surface area contributed by atoms with Gasteiger partial charge in [0.15, 0.2) is 0 Å². The van der Waals surface area contributed by atoms with Gasteiger partial charge in [0.2, 0.25) is 0 Å². The minimum atomic E-state index is -0.265. The highest BCUT2D eigenvalue weighted by molar-refractivity contribution is 6.07. The normalized spacial score (nSPS) is 10.0. The molecule has 0 spiro atoms. The number of nitrogens with two attached hydrogens (primary N) is 1. The summed E-state index contributed by atoms with van der Waals surface area (Å²) < 4.78 is 10.4. The summed E-state index contributed by atoms with van der Waals surface area (Å²) in [5, 5.41) is 2.81. The van der Waals surface area contributed by atoms with Crippen LogP contribution in [0.15, 0.2) is 36.4 Å². The molecule has 0 aliphatic rings. The first-order chi connectivity index (χ1) is 10.0. The second-order valence-electron chi connectivity index (χ2n) is 4.62. The Morgan fingerprint density at radius 1 is 1.05 bits per heavy atom. The molecule has 1 amide bonds. The third kappa shape index (κ3) is 3.25. The van der Waals surface area contributed by atoms with E-state index < -0.39 is 0 Å². The lowest BCUT2D eigenvalue weighted by Gasteiger charge is -2.13. The highest BCUT2D eigenvalue weighted by atomic mass is 16.5. The summed E-state index contributed by atoms with van der Waals surface area (Å²) in [5.41, 5.74) is 8.27. The minimum Gasteiger partial charge on any atom is -0.496 e. The SMILES string of the molecule is COc1cc(N)ccc1NC(=O)c1cc(C)ccc1OC. The zero-order valence-electron chi connectivity index (χ0n) is 12.3. The second kappa shape index (κ2) is 6.17. The summed E-state index contributed by atoms with van der Waals surface area (Å²) in [5.74, 6) is 0.765. The second-order valence-corrected chi connectivity index (χ2v) is 4.62. The number of rotatable bonds is 4. The molecule has 2 aromatic carbocycles. The van der Waals surface area contributed by atoms with Crippen LogP contribution in [-0.2, 0) is 0 Å². The Labute approximate surface area is 123 Å². The average molecular weight is 286 g/mol. The van der Waals surface area contributed by atoms with Gasteiger partial charge in [-0.2, -0.15) is 0 Å². The fraction of sp³-hybridized carbons (Fsp3) is 0.188. The number of hydrogen-bond donors (Lipinski definition) is 2. The van der Waals surface area contributed by atoms with Crippen LogP contribution in [0.3, 0.4) is 0 Å². The minimum absolute atomic E-state index is 0.265. The molecule has 0 heterocycles. The zero-order valence-corrected chi connectivity index (χ0v) is 12.3. The molecule has 0 bridgehead atoms. The Morgan fingerprint density at radius 3 is 2.43 bits per heavy atom. The van der Waals surface area contributed by atoms with Gasteiger partial charge in [0.25, 0.3) is 5.91 Å². The first kappa shape index (κ1) is 14.7. The van der Waals surface area contributed by atoms with E-state index in [9.17, 15) is 4.79 Å². The maximum Gasteiger partial charge on any atom is 0.259 e. The van der Waals surface area contributed by atoms with Gasteiger partial charge in [0.05, 0.1) is 25.5 Å². The zero-order chi connectivity index (χ0) is 15.4. The molecule has 5 heteroatoms. The molecule has 0 aliphatic heterocycles. The fourth-order valence-corrected chi connectivity index (χ4v) is 2.00. The standard InChI is InChI=1S/C16H18N2O3/c1-10-4-7-14(20-2)12(8-10)16(19)18-13-6-5-11(17)9-15(13)21-3/h4-9H,17H2,1-3H3,(H,18,19). The third-order valence-electron chi connectivity index (χ3n) is 3.07. The van der Waals surface area contributed by atoms with E-state index in [2.05, 4.69) is 5.32 Å². The van der Waals surface area contributed by atoms with E-state index >= 15 is 0 Å². The maximum absolute atomic E-state index is 12.4. The number of nitrogens with one attached hydrogen (secondary N) is 1. The summed E-state index contributed by atoms with van der Waals surface area (Å²) >= 11 is 0. The van der Waals surface area contributed by atoms with E-state index in [0.29, 0.717) is 28.4 Å². The Bertz CT molecular complexity index is 669. The van der Waals surface area contributed by atoms with E-state index in [4.69, 9.17) is 15.2 Å². The first-order valence-corrected chi connectivity index (χ1v) is 6.44. The van der Waals surface area contributed by atoms with Crippen molar-refractivity contribution >= 4 is 17.3 Å². The Balaban J connectivity index is 2.32. The van der Waals surface area contributed by atoms with E-state index in [1.807, 2.05) is 13.0 Å². The van der Waals surface area contributed by atoms with E-state index in [-0.39, 0.29) is 5.91 Å². The van der Waals surface area contributed by atoms with E-state index in [0.717, 1.165) is 5.56 Å². The van der Waals surface area contributed by atoms with Crippen LogP contribution in [0.1, 0.15) is 15.9 Å². The molecule has 0 unspecified atom stereocenters. The van der Waals surface area contributed by atoms with Gasteiger partial charge in [-0.3, -0.25) is 4.79 Å². The summed E-state index contributed by atoms with van der Waals surface area (Å²) in [6.07, 6.45) is 0. The molecule has 0 saturated carbocycles. The van der Waals surface area contributed by atoms with Crippen LogP contribution in [0.4, 0.5) is 11.4 Å². The first-order valence-electron chi connectivity index (χ1n) is 6.44. The predicted molar refractivity (Wildman–Crippen MR) is 83.1 cm³/mol. The van der Waals surface area contributed by atoms with E-state index in [1.54, 1.807) is 30.3 Å². The molecular formula is C16H18N2O3. The third-order valence-corrected chi connectivity index (χ3v) is 3.07. The van der Waals surface area contributed by atoms with Crippen molar-refractivity contribution in [3.8, 4) is 11.5 Å². The molecule has 2 aromatic rings. The highest BCUT2D eigenvalue weighted by Gasteiger charge is 2.14. The number of nitrogen functional groups attached to an aromatic ring is 1. The van der Waals surface area contributed by atoms with Crippen molar-refractivity contribution < 1.29 is 14.3 Å². The summed E-state index contributed by atoms with van der Waals surface area (Å²) in [6.45, 7) is 1.92. The van der Waals surface area contributed by atoms with Crippen LogP contribution in [0.2, 0.25) is 0 Å². The van der Waals surface area contributed by atoms with Crippen LogP contribution in [0.25, 0.3) is 0 Å². The van der Waals surface area contributed by atoms with Crippen molar-refractivity contribution in [3.05, 3.63) is 47.5 Å². The summed E-state index contributed by atoms with van der Waals surface area (Å²) in [4.78, 5) is 12.4. The Morgan fingerprint density at radius 2 is 1.76 bits per heavy atom. The highest BCUT2D eigenvalue weighted by Crippen LogP contribution is 2.28. The Hall–Kier alpha value is -2.69. The van der Waals surface area contributed by atoms with Gasteiger partial charge in [-0.1, -0.05) is 11.6 Å². The lowest BCUT2D eigenvalue weighted by Crippen LogP contribution is -2.14. The van der Waals surface area contributed by atoms with Crippen molar-refractivity contribution in [3.63, 3.8) is 0 Å². The van der Waals surface area contributed by atoms with E-state index in [1.165, 1.54) is 14.2 Å². The van der Waals surface area contributed by atoms with Crippen LogP contribution in [0.5, 0.6) is 11.5 Å². The van der Waals surface area contributed by atoms with Gasteiger partial charge in [-0.25, -0.2) is 0 Å². The molecule has 0 aliphatic carbocycles. The monoisotopic (exact) mass is 286 g/mol. The summed E-state index contributed by atoms with van der Waals surface area (Å²) in [6, 6.07) is 10.5. The largest absolute Gasteiger partial charge is 0.496 e. The number of carbonyl (C=O) groups excluding carboxylic acids is 1. The molecule has 5 nitrogen and oxygen atoms in total. The van der Waals surface area contributed by atoms with Gasteiger partial charge in [-0.05, 0) is 31.2 Å². The molecule has 0 atom stereocenters. The van der Waals surface area contributed by atoms with Gasteiger partial charge in [0.1, 0.15) is 11.5 Å². The van der Waals surface area contributed by atoms with Crippen LogP contribution in [0, 0.1) is 6.92 Å². The fourth-order valence-electron chi connectivity index (χ4n) is 2.00. The van der Waals surface area contributed by atoms with Gasteiger partial charge in [-0.15, -0.1) is 0 Å². The molecule has 0 aromatic heterocycles. The number of aryl methyl sites for hydroxylation is 1. The van der Waals surface area contributed by atoms with Crippen LogP contribution >= 0.6 is 0 Å². The van der Waals surface area contributed by atoms with Gasteiger partial charge < -0.3 is 20.5 Å². The lowest BCUT2D eigenvalue weighted by atomic mass is 10.1. The molecular weight excluding hydrogens is 268 g/mol. The van der Waals surface area contributed by atoms with Crippen molar-refractivity contribution in [2.24, 2.45) is 0 Å². The van der Waals surface area contributed by atoms with Gasteiger partial charge in [0, 0.05) is 11.8 Å². The molecule has 2 rings (SSSR count). The van der Waals surface area contributed by atoms with Crippen molar-refractivity contribution in [1.29, 1.82) is 0 Å². The number of methoxy groups -OCH3 is 2. The summed E-state index contributed by atoms with van der Waals surface area (Å²) in [7, 11) is 3.06. The molecule has 110 valence electrons. The predicted octanol–water partition coefficient (Wildman–Crippen LogP) is 2.85. The number of benzene rings is 2. The lowest BCUT2D eigenvalue weighted by molar-refractivity contribution is 0.102. The van der Waals surface area contributed by atoms with Crippen LogP contribution < -0.4 is 20.5 Å². The quantitative estimate of drug-likeness (QED) is 0.848. The molecule has 0 fully saturated rings. The molecule has 0 radical (unpaired) electrons. The molecule has 0 saturated heterocycles. The average Bonchev–Trinajstić information content (AvgIpc) is 2.48. The maximum atomic E-state index is 12.4.